The number of anilines is 2. The number of rotatable bonds is 6. The summed E-state index contributed by atoms with van der Waals surface area (Å²) in [6.07, 6.45) is 5.02. The maximum atomic E-state index is 5.80. The van der Waals surface area contributed by atoms with E-state index in [0.29, 0.717) is 6.04 Å². The van der Waals surface area contributed by atoms with Crippen molar-refractivity contribution in [1.82, 2.24) is 9.97 Å². The van der Waals surface area contributed by atoms with E-state index in [1.54, 1.807) is 6.33 Å². The van der Waals surface area contributed by atoms with Crippen molar-refractivity contribution < 1.29 is 4.74 Å². The van der Waals surface area contributed by atoms with Crippen LogP contribution in [-0.4, -0.2) is 41.8 Å². The Kier molecular flexibility index (Phi) is 5.79. The predicted octanol–water partition coefficient (Wildman–Crippen LogP) is 2.86. The van der Waals surface area contributed by atoms with Crippen molar-refractivity contribution in [2.75, 3.05) is 29.9 Å². The van der Waals surface area contributed by atoms with E-state index in [4.69, 9.17) is 4.74 Å². The van der Waals surface area contributed by atoms with Crippen LogP contribution in [0.3, 0.4) is 0 Å². The van der Waals surface area contributed by atoms with Crippen LogP contribution in [0.2, 0.25) is 0 Å². The largest absolute Gasteiger partial charge is 0.375 e. The first-order valence-corrected chi connectivity index (χ1v) is 8.17. The molecule has 0 spiro atoms. The molecule has 0 aromatic carbocycles. The lowest BCUT2D eigenvalue weighted by atomic mass is 10.1. The third kappa shape index (κ3) is 3.64. The van der Waals surface area contributed by atoms with E-state index in [9.17, 15) is 0 Å². The molecule has 5 heteroatoms. The van der Waals surface area contributed by atoms with E-state index in [2.05, 4.69) is 47.9 Å². The van der Waals surface area contributed by atoms with Crippen LogP contribution in [0.4, 0.5) is 11.6 Å². The van der Waals surface area contributed by atoms with Gasteiger partial charge in [-0.05, 0) is 26.2 Å². The second kappa shape index (κ2) is 7.59. The van der Waals surface area contributed by atoms with Crippen molar-refractivity contribution in [1.29, 1.82) is 0 Å². The average Bonchev–Trinajstić information content (AvgIpc) is 2.52. The number of nitrogens with zero attached hydrogens (tertiary/aromatic N) is 3. The van der Waals surface area contributed by atoms with Crippen LogP contribution in [0.25, 0.3) is 0 Å². The Labute approximate surface area is 128 Å². The molecule has 0 radical (unpaired) electrons. The maximum Gasteiger partial charge on any atom is 0.137 e. The van der Waals surface area contributed by atoms with E-state index in [0.717, 1.165) is 50.6 Å². The maximum absolute atomic E-state index is 5.80. The molecule has 21 heavy (non-hydrogen) atoms. The molecule has 2 atom stereocenters. The van der Waals surface area contributed by atoms with Crippen LogP contribution in [0.1, 0.15) is 46.1 Å². The number of ether oxygens (including phenoxy) is 1. The summed E-state index contributed by atoms with van der Waals surface area (Å²) in [7, 11) is 0. The van der Waals surface area contributed by atoms with Gasteiger partial charge < -0.3 is 15.0 Å². The Balaban J connectivity index is 2.32. The molecule has 1 aliphatic heterocycles. The predicted molar refractivity (Wildman–Crippen MR) is 87.0 cm³/mol. The quantitative estimate of drug-likeness (QED) is 0.873. The second-order valence-electron chi connectivity index (χ2n) is 5.66. The Hall–Kier alpha value is -1.36. The van der Waals surface area contributed by atoms with Gasteiger partial charge in [-0.3, -0.25) is 0 Å². The van der Waals surface area contributed by atoms with Crippen molar-refractivity contribution in [3.05, 3.63) is 11.9 Å². The fourth-order valence-electron chi connectivity index (χ4n) is 2.81. The minimum Gasteiger partial charge on any atom is -0.375 e. The van der Waals surface area contributed by atoms with E-state index in [1.807, 2.05) is 0 Å². The molecule has 0 bridgehead atoms. The van der Waals surface area contributed by atoms with E-state index < -0.39 is 0 Å². The monoisotopic (exact) mass is 292 g/mol. The zero-order valence-corrected chi connectivity index (χ0v) is 13.7. The summed E-state index contributed by atoms with van der Waals surface area (Å²) in [4.78, 5) is 11.4. The molecule has 1 aromatic rings. The number of aromatic nitrogens is 2. The zero-order valence-electron chi connectivity index (χ0n) is 13.7. The van der Waals surface area contributed by atoms with Gasteiger partial charge in [0.2, 0.25) is 0 Å². The summed E-state index contributed by atoms with van der Waals surface area (Å²) in [5.41, 5.74) is 1.22. The number of morpholine rings is 1. The van der Waals surface area contributed by atoms with Gasteiger partial charge in [0.15, 0.2) is 0 Å². The SMILES string of the molecule is CCCNc1ncnc(N2CC(C)OCC2CC)c1CC. The van der Waals surface area contributed by atoms with Gasteiger partial charge in [-0.1, -0.05) is 20.8 Å². The minimum absolute atomic E-state index is 0.250. The Morgan fingerprint density at radius 2 is 2.14 bits per heavy atom. The molecule has 1 aromatic heterocycles. The van der Waals surface area contributed by atoms with Crippen LogP contribution in [-0.2, 0) is 11.2 Å². The Morgan fingerprint density at radius 1 is 1.33 bits per heavy atom. The normalized spacial score (nSPS) is 22.4. The van der Waals surface area contributed by atoms with Gasteiger partial charge >= 0.3 is 0 Å². The van der Waals surface area contributed by atoms with Crippen molar-refractivity contribution in [3.63, 3.8) is 0 Å². The first kappa shape index (κ1) is 16.0. The fraction of sp³-hybridized carbons (Fsp3) is 0.750. The smallest absolute Gasteiger partial charge is 0.137 e. The topological polar surface area (TPSA) is 50.3 Å². The van der Waals surface area contributed by atoms with Gasteiger partial charge in [-0.25, -0.2) is 9.97 Å². The lowest BCUT2D eigenvalue weighted by Crippen LogP contribution is -2.49. The third-order valence-corrected chi connectivity index (χ3v) is 4.03. The summed E-state index contributed by atoms with van der Waals surface area (Å²) in [5.74, 6) is 2.06. The molecule has 0 aliphatic carbocycles. The summed E-state index contributed by atoms with van der Waals surface area (Å²) < 4.78 is 5.80. The van der Waals surface area contributed by atoms with Gasteiger partial charge in [0.05, 0.1) is 18.8 Å². The molecule has 0 saturated carbocycles. The molecule has 2 unspecified atom stereocenters. The highest BCUT2D eigenvalue weighted by Crippen LogP contribution is 2.28. The lowest BCUT2D eigenvalue weighted by Gasteiger charge is -2.40. The first-order valence-electron chi connectivity index (χ1n) is 8.17. The van der Waals surface area contributed by atoms with Crippen molar-refractivity contribution in [3.8, 4) is 0 Å². The van der Waals surface area contributed by atoms with Crippen LogP contribution in [0.5, 0.6) is 0 Å². The average molecular weight is 292 g/mol. The van der Waals surface area contributed by atoms with Crippen LogP contribution >= 0.6 is 0 Å². The molecule has 118 valence electrons. The van der Waals surface area contributed by atoms with Gasteiger partial charge in [-0.15, -0.1) is 0 Å². The van der Waals surface area contributed by atoms with Crippen molar-refractivity contribution in [2.24, 2.45) is 0 Å². The molecule has 0 amide bonds. The third-order valence-electron chi connectivity index (χ3n) is 4.03. The molecule has 2 rings (SSSR count). The van der Waals surface area contributed by atoms with Crippen LogP contribution in [0.15, 0.2) is 6.33 Å². The van der Waals surface area contributed by atoms with Gasteiger partial charge in [0, 0.05) is 18.7 Å². The van der Waals surface area contributed by atoms with Gasteiger partial charge in [0.25, 0.3) is 0 Å². The Morgan fingerprint density at radius 3 is 2.81 bits per heavy atom. The van der Waals surface area contributed by atoms with Crippen LogP contribution < -0.4 is 10.2 Å². The standard InChI is InChI=1S/C16H28N4O/c1-5-8-17-15-14(7-3)16(19-11-18-15)20-9-12(4)21-10-13(20)6-2/h11-13H,5-10H2,1-4H3,(H,17,18,19). The van der Waals surface area contributed by atoms with Crippen molar-refractivity contribution >= 4 is 11.6 Å². The molecule has 5 nitrogen and oxygen atoms in total. The highest BCUT2D eigenvalue weighted by molar-refractivity contribution is 5.59. The van der Waals surface area contributed by atoms with Crippen molar-refractivity contribution in [2.45, 2.75) is 59.1 Å². The van der Waals surface area contributed by atoms with E-state index >= 15 is 0 Å². The van der Waals surface area contributed by atoms with Gasteiger partial charge in [0.1, 0.15) is 18.0 Å². The fourth-order valence-corrected chi connectivity index (χ4v) is 2.81. The lowest BCUT2D eigenvalue weighted by molar-refractivity contribution is 0.0295. The zero-order chi connectivity index (χ0) is 15.2. The Bertz CT molecular complexity index is 452. The summed E-state index contributed by atoms with van der Waals surface area (Å²) in [6.45, 7) is 11.3. The highest BCUT2D eigenvalue weighted by Gasteiger charge is 2.28. The summed E-state index contributed by atoms with van der Waals surface area (Å²) in [5, 5.41) is 3.43. The summed E-state index contributed by atoms with van der Waals surface area (Å²) in [6, 6.07) is 0.403. The number of nitrogens with one attached hydrogen (secondary N) is 1. The molecule has 1 N–H and O–H groups in total. The molecular weight excluding hydrogens is 264 g/mol. The first-order chi connectivity index (χ1) is 10.2. The van der Waals surface area contributed by atoms with Crippen LogP contribution in [0, 0.1) is 0 Å². The molecular formula is C16H28N4O. The number of hydrogen-bond donors (Lipinski definition) is 1. The second-order valence-corrected chi connectivity index (χ2v) is 5.66. The number of hydrogen-bond acceptors (Lipinski definition) is 5. The van der Waals surface area contributed by atoms with E-state index in [-0.39, 0.29) is 6.10 Å². The molecule has 1 fully saturated rings. The van der Waals surface area contributed by atoms with E-state index in [1.165, 1.54) is 5.56 Å². The molecule has 1 aliphatic rings. The molecule has 2 heterocycles. The minimum atomic E-state index is 0.250. The highest BCUT2D eigenvalue weighted by atomic mass is 16.5. The summed E-state index contributed by atoms with van der Waals surface area (Å²) >= 11 is 0. The molecule has 1 saturated heterocycles. The van der Waals surface area contributed by atoms with Gasteiger partial charge in [-0.2, -0.15) is 0 Å².